The van der Waals surface area contributed by atoms with Crippen molar-refractivity contribution >= 4 is 16.9 Å². The van der Waals surface area contributed by atoms with Crippen molar-refractivity contribution < 1.29 is 9.53 Å². The monoisotopic (exact) mass is 504 g/mol. The number of methoxy groups -OCH3 is 1. The molecule has 0 aliphatic rings. The summed E-state index contributed by atoms with van der Waals surface area (Å²) in [5, 5.41) is 21.4. The summed E-state index contributed by atoms with van der Waals surface area (Å²) in [6.45, 7) is 0.289. The lowest BCUT2D eigenvalue weighted by Crippen LogP contribution is -2.22. The number of hydrogen-bond acceptors (Lipinski definition) is 8. The Morgan fingerprint density at radius 1 is 0.974 bits per heavy atom. The van der Waals surface area contributed by atoms with Crippen LogP contribution < -0.4 is 5.56 Å². The first-order valence-corrected chi connectivity index (χ1v) is 11.7. The first-order chi connectivity index (χ1) is 18.6. The number of carbonyl (C=O) groups is 1. The molecule has 2 aromatic carbocycles. The van der Waals surface area contributed by atoms with E-state index in [1.54, 1.807) is 53.6 Å². The van der Waals surface area contributed by atoms with Gasteiger partial charge in [-0.05, 0) is 60.2 Å². The lowest BCUT2D eigenvalue weighted by molar-refractivity contribution is 0.0600. The van der Waals surface area contributed by atoms with Crippen LogP contribution in [0.4, 0.5) is 0 Å². The molecule has 6 rings (SSSR count). The van der Waals surface area contributed by atoms with Crippen molar-refractivity contribution in [2.75, 3.05) is 7.11 Å². The lowest BCUT2D eigenvalue weighted by atomic mass is 10.1. The molecular formula is C27H20N8O3. The van der Waals surface area contributed by atoms with Gasteiger partial charge in [0.15, 0.2) is 0 Å². The zero-order valence-corrected chi connectivity index (χ0v) is 20.1. The highest BCUT2D eigenvalue weighted by Crippen LogP contribution is 2.26. The maximum atomic E-state index is 12.5. The van der Waals surface area contributed by atoms with Gasteiger partial charge in [-0.25, -0.2) is 14.2 Å². The number of esters is 1. The predicted octanol–water partition coefficient (Wildman–Crippen LogP) is 3.26. The van der Waals surface area contributed by atoms with Crippen LogP contribution in [-0.4, -0.2) is 53.0 Å². The third kappa shape index (κ3) is 4.32. The van der Waals surface area contributed by atoms with Crippen LogP contribution in [0.3, 0.4) is 0 Å². The van der Waals surface area contributed by atoms with E-state index in [4.69, 9.17) is 4.74 Å². The van der Waals surface area contributed by atoms with Gasteiger partial charge in [0.25, 0.3) is 5.56 Å². The molecule has 0 fully saturated rings. The average molecular weight is 505 g/mol. The zero-order chi connectivity index (χ0) is 26.1. The normalized spacial score (nSPS) is 11.1. The fraction of sp³-hybridized carbons (Fsp3) is 0.0741. The van der Waals surface area contributed by atoms with Crippen LogP contribution in [0, 0.1) is 0 Å². The van der Waals surface area contributed by atoms with Crippen LogP contribution >= 0.6 is 0 Å². The van der Waals surface area contributed by atoms with Gasteiger partial charge in [0.2, 0.25) is 0 Å². The van der Waals surface area contributed by atoms with E-state index < -0.39 is 5.97 Å². The second-order valence-corrected chi connectivity index (χ2v) is 8.49. The molecule has 38 heavy (non-hydrogen) atoms. The Kier molecular flexibility index (Phi) is 5.77. The summed E-state index contributed by atoms with van der Waals surface area (Å²) in [5.41, 5.74) is 5.46. The fourth-order valence-corrected chi connectivity index (χ4v) is 4.13. The van der Waals surface area contributed by atoms with Gasteiger partial charge in [-0.1, -0.05) is 11.3 Å². The van der Waals surface area contributed by atoms with E-state index in [2.05, 4.69) is 30.6 Å². The molecule has 0 saturated heterocycles. The van der Waals surface area contributed by atoms with Gasteiger partial charge < -0.3 is 4.74 Å². The molecule has 4 aromatic heterocycles. The van der Waals surface area contributed by atoms with Crippen LogP contribution in [-0.2, 0) is 11.3 Å². The summed E-state index contributed by atoms with van der Waals surface area (Å²) in [6.07, 6.45) is 5.14. The van der Waals surface area contributed by atoms with E-state index in [0.29, 0.717) is 22.6 Å². The minimum atomic E-state index is -0.406. The van der Waals surface area contributed by atoms with E-state index in [-0.39, 0.29) is 12.1 Å². The van der Waals surface area contributed by atoms with Crippen molar-refractivity contribution in [1.82, 2.24) is 40.0 Å². The molecule has 1 N–H and O–H groups in total. The quantitative estimate of drug-likeness (QED) is 0.342. The minimum Gasteiger partial charge on any atom is -0.465 e. The number of pyridine rings is 1. The van der Waals surface area contributed by atoms with Crippen molar-refractivity contribution in [3.8, 4) is 28.3 Å². The molecular weight excluding hydrogens is 484 g/mol. The molecule has 0 atom stereocenters. The number of rotatable bonds is 6. The van der Waals surface area contributed by atoms with E-state index in [1.165, 1.54) is 17.9 Å². The Labute approximate surface area is 215 Å². The van der Waals surface area contributed by atoms with Gasteiger partial charge in [0.1, 0.15) is 11.4 Å². The Hall–Kier alpha value is -5.45. The highest BCUT2D eigenvalue weighted by molar-refractivity contribution is 5.92. The summed E-state index contributed by atoms with van der Waals surface area (Å²) in [7, 11) is 1.34. The molecule has 0 aliphatic carbocycles. The second-order valence-electron chi connectivity index (χ2n) is 8.49. The number of carbonyl (C=O) groups excluding carboxylic acids is 1. The number of aromatic amines is 1. The predicted molar refractivity (Wildman–Crippen MR) is 139 cm³/mol. The van der Waals surface area contributed by atoms with Crippen LogP contribution in [0.5, 0.6) is 0 Å². The first-order valence-electron chi connectivity index (χ1n) is 11.7. The van der Waals surface area contributed by atoms with Crippen LogP contribution in [0.15, 0.2) is 90.1 Å². The number of aromatic nitrogens is 8. The maximum absolute atomic E-state index is 12.5. The summed E-state index contributed by atoms with van der Waals surface area (Å²) < 4.78 is 7.79. The SMILES string of the molecule is COC(=O)c1ccc(-n2cc(-c3n[nH]c4ccc(Cn5nc(-c6ccncc6)ccc5=O)cc34)nn2)cc1. The van der Waals surface area contributed by atoms with E-state index in [0.717, 1.165) is 27.7 Å². The second kappa shape index (κ2) is 9.54. The van der Waals surface area contributed by atoms with Crippen molar-refractivity contribution in [2.24, 2.45) is 0 Å². The summed E-state index contributed by atoms with van der Waals surface area (Å²) in [4.78, 5) is 28.3. The van der Waals surface area contributed by atoms with Crippen molar-refractivity contribution in [2.45, 2.75) is 6.54 Å². The Morgan fingerprint density at radius 3 is 2.58 bits per heavy atom. The molecule has 0 radical (unpaired) electrons. The number of nitrogens with one attached hydrogen (secondary N) is 1. The minimum absolute atomic E-state index is 0.198. The molecule has 11 heteroatoms. The van der Waals surface area contributed by atoms with Crippen molar-refractivity contribution in [3.05, 3.63) is 107 Å². The molecule has 0 aliphatic heterocycles. The van der Waals surface area contributed by atoms with Crippen LogP contribution in [0.25, 0.3) is 39.2 Å². The fourth-order valence-electron chi connectivity index (χ4n) is 4.13. The van der Waals surface area contributed by atoms with E-state index >= 15 is 0 Å². The Bertz CT molecular complexity index is 1820. The molecule has 0 bridgehead atoms. The summed E-state index contributed by atoms with van der Waals surface area (Å²) in [5.74, 6) is -0.406. The van der Waals surface area contributed by atoms with Gasteiger partial charge in [0.05, 0.1) is 42.3 Å². The van der Waals surface area contributed by atoms with Crippen molar-refractivity contribution in [3.63, 3.8) is 0 Å². The van der Waals surface area contributed by atoms with Gasteiger partial charge >= 0.3 is 5.97 Å². The standard InChI is InChI=1S/C27H20N8O3/c1-38-27(37)19-3-5-20(6-4-19)34-16-24(30-33-34)26-21-14-17(2-7-23(21)29-31-26)15-35-25(36)9-8-22(32-35)18-10-12-28-13-11-18/h2-14,16H,15H2,1H3,(H,29,31). The largest absolute Gasteiger partial charge is 0.465 e. The van der Waals surface area contributed by atoms with E-state index in [9.17, 15) is 9.59 Å². The Balaban J connectivity index is 1.30. The molecule has 0 amide bonds. The molecule has 6 aromatic rings. The third-order valence-corrected chi connectivity index (χ3v) is 6.09. The number of hydrogen-bond donors (Lipinski definition) is 1. The number of nitrogens with zero attached hydrogens (tertiary/aromatic N) is 7. The zero-order valence-electron chi connectivity index (χ0n) is 20.1. The number of benzene rings is 2. The number of ether oxygens (including phenoxy) is 1. The van der Waals surface area contributed by atoms with Gasteiger partial charge in [0, 0.05) is 29.4 Å². The molecule has 0 unspecified atom stereocenters. The smallest absolute Gasteiger partial charge is 0.337 e. The highest BCUT2D eigenvalue weighted by atomic mass is 16.5. The van der Waals surface area contributed by atoms with Crippen molar-refractivity contribution in [1.29, 1.82) is 0 Å². The topological polar surface area (TPSA) is 133 Å². The molecule has 4 heterocycles. The van der Waals surface area contributed by atoms with Crippen LogP contribution in [0.1, 0.15) is 15.9 Å². The summed E-state index contributed by atoms with van der Waals surface area (Å²) >= 11 is 0. The molecule has 0 saturated carbocycles. The lowest BCUT2D eigenvalue weighted by Gasteiger charge is -2.08. The highest BCUT2D eigenvalue weighted by Gasteiger charge is 2.14. The summed E-state index contributed by atoms with van der Waals surface area (Å²) in [6, 6.07) is 19.6. The van der Waals surface area contributed by atoms with E-state index in [1.807, 2.05) is 30.3 Å². The molecule has 186 valence electrons. The molecule has 0 spiro atoms. The van der Waals surface area contributed by atoms with Crippen LogP contribution in [0.2, 0.25) is 0 Å². The average Bonchev–Trinajstić information content (AvgIpc) is 3.61. The maximum Gasteiger partial charge on any atom is 0.337 e. The van der Waals surface area contributed by atoms with Gasteiger partial charge in [-0.15, -0.1) is 5.10 Å². The molecule has 11 nitrogen and oxygen atoms in total. The van der Waals surface area contributed by atoms with Gasteiger partial charge in [-0.3, -0.25) is 14.9 Å². The number of H-pyrrole nitrogens is 1. The first kappa shape index (κ1) is 23.0. The Morgan fingerprint density at radius 2 is 1.79 bits per heavy atom. The third-order valence-electron chi connectivity index (χ3n) is 6.09. The van der Waals surface area contributed by atoms with Gasteiger partial charge in [-0.2, -0.15) is 10.2 Å². The number of fused-ring (bicyclic) bond motifs is 1.